The van der Waals surface area contributed by atoms with Crippen LogP contribution in [0.3, 0.4) is 0 Å². The molecule has 116 valence electrons. The van der Waals surface area contributed by atoms with Gasteiger partial charge in [0.2, 0.25) is 0 Å². The molecule has 5 heteroatoms. The number of carbonyl (C=O) groups is 2. The van der Waals surface area contributed by atoms with E-state index in [0.29, 0.717) is 30.4 Å². The van der Waals surface area contributed by atoms with Crippen molar-refractivity contribution in [2.75, 3.05) is 6.61 Å². The van der Waals surface area contributed by atoms with Gasteiger partial charge in [-0.25, -0.2) is 4.39 Å². The van der Waals surface area contributed by atoms with Gasteiger partial charge in [-0.05, 0) is 24.5 Å². The van der Waals surface area contributed by atoms with Crippen molar-refractivity contribution in [2.45, 2.75) is 39.2 Å². The Morgan fingerprint density at radius 1 is 1.36 bits per heavy atom. The van der Waals surface area contributed by atoms with Gasteiger partial charge in [0, 0.05) is 17.5 Å². The number of hydrogen-bond acceptors (Lipinski definition) is 3. The van der Waals surface area contributed by atoms with Crippen LogP contribution in [0, 0.1) is 5.82 Å². The summed E-state index contributed by atoms with van der Waals surface area (Å²) >= 11 is 0. The first-order valence-corrected chi connectivity index (χ1v) is 7.57. The number of ether oxygens (including phenoxy) is 1. The fourth-order valence-corrected chi connectivity index (χ4v) is 3.07. The summed E-state index contributed by atoms with van der Waals surface area (Å²) in [6.07, 6.45) is 1.87. The van der Waals surface area contributed by atoms with E-state index in [1.807, 2.05) is 6.92 Å². The van der Waals surface area contributed by atoms with Crippen LogP contribution in [0.25, 0.3) is 10.9 Å². The number of ketones is 1. The fraction of sp³-hybridized carbons (Fsp3) is 0.412. The normalized spacial score (nSPS) is 14.2. The molecule has 22 heavy (non-hydrogen) atoms. The molecular weight excluding hydrogens is 285 g/mol. The Hall–Kier alpha value is -2.17. The lowest BCUT2D eigenvalue weighted by molar-refractivity contribution is -0.142. The maximum absolute atomic E-state index is 14.2. The largest absolute Gasteiger partial charge is 0.465 e. The van der Waals surface area contributed by atoms with Gasteiger partial charge in [0.25, 0.3) is 0 Å². The summed E-state index contributed by atoms with van der Waals surface area (Å²) in [4.78, 5) is 23.7. The lowest BCUT2D eigenvalue weighted by Crippen LogP contribution is -2.21. The summed E-state index contributed by atoms with van der Waals surface area (Å²) in [6.45, 7) is 2.50. The van der Waals surface area contributed by atoms with Crippen LogP contribution in [0.15, 0.2) is 18.2 Å². The van der Waals surface area contributed by atoms with E-state index in [2.05, 4.69) is 0 Å². The van der Waals surface area contributed by atoms with Crippen molar-refractivity contribution in [3.05, 3.63) is 35.3 Å². The maximum atomic E-state index is 14.2. The van der Waals surface area contributed by atoms with Crippen molar-refractivity contribution < 1.29 is 18.7 Å². The van der Waals surface area contributed by atoms with Crippen molar-refractivity contribution >= 4 is 22.7 Å². The van der Waals surface area contributed by atoms with Crippen LogP contribution in [-0.2, 0) is 33.7 Å². The van der Waals surface area contributed by atoms with E-state index in [-0.39, 0.29) is 30.5 Å². The Balaban J connectivity index is 2.08. The van der Waals surface area contributed by atoms with Crippen molar-refractivity contribution in [1.82, 2.24) is 4.57 Å². The first-order valence-electron chi connectivity index (χ1n) is 7.57. The second-order valence-corrected chi connectivity index (χ2v) is 5.58. The van der Waals surface area contributed by atoms with Crippen LogP contribution < -0.4 is 0 Å². The molecule has 0 radical (unpaired) electrons. The molecule has 1 aliphatic rings. The van der Waals surface area contributed by atoms with Gasteiger partial charge in [0.05, 0.1) is 25.1 Å². The van der Waals surface area contributed by atoms with E-state index < -0.39 is 0 Å². The van der Waals surface area contributed by atoms with Gasteiger partial charge in [-0.1, -0.05) is 19.1 Å². The number of rotatable bonds is 4. The quantitative estimate of drug-likeness (QED) is 0.816. The van der Waals surface area contributed by atoms with Crippen LogP contribution in [0.4, 0.5) is 4.39 Å². The number of esters is 1. The summed E-state index contributed by atoms with van der Waals surface area (Å²) in [5.41, 5.74) is 2.10. The SMILES string of the molecule is CCCOC(=O)Cc1c2n(c3c(F)cccc13)CC(=O)CC2. The van der Waals surface area contributed by atoms with E-state index in [9.17, 15) is 14.0 Å². The molecule has 0 bridgehead atoms. The van der Waals surface area contributed by atoms with Crippen LogP contribution in [0.5, 0.6) is 0 Å². The van der Waals surface area contributed by atoms with Gasteiger partial charge < -0.3 is 9.30 Å². The lowest BCUT2D eigenvalue weighted by atomic mass is 10.0. The highest BCUT2D eigenvalue weighted by molar-refractivity contribution is 5.92. The second kappa shape index (κ2) is 5.91. The Kier molecular flexibility index (Phi) is 3.96. The molecule has 3 rings (SSSR count). The summed E-state index contributed by atoms with van der Waals surface area (Å²) in [5.74, 6) is -0.576. The predicted octanol–water partition coefficient (Wildman–Crippen LogP) is 2.79. The van der Waals surface area contributed by atoms with Crippen LogP contribution in [0.1, 0.15) is 31.0 Å². The third-order valence-corrected chi connectivity index (χ3v) is 4.02. The minimum Gasteiger partial charge on any atom is -0.465 e. The summed E-state index contributed by atoms with van der Waals surface area (Å²) < 4.78 is 21.1. The van der Waals surface area contributed by atoms with E-state index in [0.717, 1.165) is 17.7 Å². The zero-order chi connectivity index (χ0) is 15.7. The zero-order valence-corrected chi connectivity index (χ0v) is 12.5. The van der Waals surface area contributed by atoms with Gasteiger partial charge in [-0.3, -0.25) is 9.59 Å². The second-order valence-electron chi connectivity index (χ2n) is 5.58. The van der Waals surface area contributed by atoms with Crippen molar-refractivity contribution in [3.63, 3.8) is 0 Å². The number of aromatic nitrogens is 1. The molecule has 0 aliphatic carbocycles. The van der Waals surface area contributed by atoms with Crippen LogP contribution in [0.2, 0.25) is 0 Å². The number of para-hydroxylation sites is 1. The minimum atomic E-state index is -0.360. The Morgan fingerprint density at radius 2 is 2.18 bits per heavy atom. The highest BCUT2D eigenvalue weighted by Crippen LogP contribution is 2.32. The van der Waals surface area contributed by atoms with Crippen LogP contribution >= 0.6 is 0 Å². The molecule has 0 amide bonds. The lowest BCUT2D eigenvalue weighted by Gasteiger charge is -2.16. The first-order chi connectivity index (χ1) is 10.6. The first kappa shape index (κ1) is 14.8. The molecule has 0 saturated heterocycles. The summed E-state index contributed by atoms with van der Waals surface area (Å²) in [6, 6.07) is 4.82. The average Bonchev–Trinajstić information content (AvgIpc) is 2.80. The van der Waals surface area contributed by atoms with E-state index >= 15 is 0 Å². The molecule has 1 aromatic heterocycles. The number of hydrogen-bond donors (Lipinski definition) is 0. The Bertz CT molecular complexity index is 748. The molecule has 0 unspecified atom stereocenters. The molecule has 1 aliphatic heterocycles. The molecule has 2 aromatic rings. The molecule has 2 heterocycles. The summed E-state index contributed by atoms with van der Waals surface area (Å²) in [7, 11) is 0. The topological polar surface area (TPSA) is 48.3 Å². The van der Waals surface area contributed by atoms with Crippen molar-refractivity contribution in [2.24, 2.45) is 0 Å². The monoisotopic (exact) mass is 303 g/mol. The van der Waals surface area contributed by atoms with E-state index in [1.54, 1.807) is 16.7 Å². The standard InChI is InChI=1S/C17H18FNO3/c1-2-8-22-16(21)9-13-12-4-3-5-14(18)17(12)19-10-11(20)6-7-15(13)19/h3-5H,2,6-10H2,1H3. The molecule has 0 N–H and O–H groups in total. The number of halogens is 1. The third kappa shape index (κ3) is 2.51. The van der Waals surface area contributed by atoms with E-state index in [1.165, 1.54) is 6.07 Å². The van der Waals surface area contributed by atoms with Gasteiger partial charge >= 0.3 is 5.97 Å². The number of nitrogens with zero attached hydrogens (tertiary/aromatic N) is 1. The highest BCUT2D eigenvalue weighted by atomic mass is 19.1. The van der Waals surface area contributed by atoms with E-state index in [4.69, 9.17) is 4.74 Å². The third-order valence-electron chi connectivity index (χ3n) is 4.02. The molecular formula is C17H18FNO3. The Labute approximate surface area is 127 Å². The summed E-state index contributed by atoms with van der Waals surface area (Å²) in [5, 5.41) is 0.707. The smallest absolute Gasteiger partial charge is 0.310 e. The van der Waals surface area contributed by atoms with Gasteiger partial charge in [0.1, 0.15) is 5.82 Å². The molecule has 0 spiro atoms. The predicted molar refractivity (Wildman–Crippen MR) is 80.2 cm³/mol. The minimum absolute atomic E-state index is 0.0905. The van der Waals surface area contributed by atoms with Gasteiger partial charge in [-0.15, -0.1) is 0 Å². The number of Topliss-reactive ketones (excluding diaryl/α,β-unsaturated/α-hetero) is 1. The number of benzene rings is 1. The van der Waals surface area contributed by atoms with Crippen molar-refractivity contribution in [1.29, 1.82) is 0 Å². The molecule has 1 aromatic carbocycles. The Morgan fingerprint density at radius 3 is 2.95 bits per heavy atom. The molecule has 0 saturated carbocycles. The number of carbonyl (C=O) groups excluding carboxylic acids is 2. The highest BCUT2D eigenvalue weighted by Gasteiger charge is 2.26. The maximum Gasteiger partial charge on any atom is 0.310 e. The zero-order valence-electron chi connectivity index (χ0n) is 12.5. The fourth-order valence-electron chi connectivity index (χ4n) is 3.07. The molecule has 0 atom stereocenters. The average molecular weight is 303 g/mol. The van der Waals surface area contributed by atoms with Crippen molar-refractivity contribution in [3.8, 4) is 0 Å². The number of fused-ring (bicyclic) bond motifs is 3. The van der Waals surface area contributed by atoms with Gasteiger partial charge in [-0.2, -0.15) is 0 Å². The van der Waals surface area contributed by atoms with Crippen LogP contribution in [-0.4, -0.2) is 22.9 Å². The van der Waals surface area contributed by atoms with Gasteiger partial charge in [0.15, 0.2) is 5.78 Å². The molecule has 4 nitrogen and oxygen atoms in total. The molecule has 0 fully saturated rings.